The smallest absolute Gasteiger partial charge is 0.374 e. The number of rotatable bonds is 4. The van der Waals surface area contributed by atoms with Crippen LogP contribution < -0.4 is 10.6 Å². The van der Waals surface area contributed by atoms with Crippen molar-refractivity contribution in [2.24, 2.45) is 0 Å². The van der Waals surface area contributed by atoms with Gasteiger partial charge in [-0.25, -0.2) is 4.98 Å². The van der Waals surface area contributed by atoms with Gasteiger partial charge in [0.2, 0.25) is 0 Å². The second-order valence-corrected chi connectivity index (χ2v) is 2.96. The zero-order valence-corrected chi connectivity index (χ0v) is 8.67. The summed E-state index contributed by atoms with van der Waals surface area (Å²) < 4.78 is 36.9. The van der Waals surface area contributed by atoms with E-state index in [0.717, 1.165) is 6.07 Å². The second kappa shape index (κ2) is 5.39. The molecule has 88 valence electrons. The third-order valence-corrected chi connectivity index (χ3v) is 1.70. The molecular weight excluding hydrogens is 219 g/mol. The van der Waals surface area contributed by atoms with Gasteiger partial charge in [-0.05, 0) is 25.3 Å². The number of anilines is 1. The Morgan fingerprint density at radius 2 is 2.12 bits per heavy atom. The first-order chi connectivity index (χ1) is 7.54. The number of aromatic nitrogens is 1. The van der Waals surface area contributed by atoms with Crippen molar-refractivity contribution in [1.29, 1.82) is 0 Å². The zero-order chi connectivity index (χ0) is 12.0. The number of nitrogens with one attached hydrogen (secondary N) is 2. The summed E-state index contributed by atoms with van der Waals surface area (Å²) >= 11 is 0. The van der Waals surface area contributed by atoms with Gasteiger partial charge in [-0.15, -0.1) is 0 Å². The summed E-state index contributed by atoms with van der Waals surface area (Å²) in [5, 5.41) is 5.55. The molecule has 0 unspecified atom stereocenters. The normalized spacial score (nSPS) is 11.8. The molecule has 0 radical (unpaired) electrons. The van der Waals surface area contributed by atoms with Crippen LogP contribution in [0.1, 0.15) is 12.6 Å². The van der Waals surface area contributed by atoms with E-state index >= 15 is 0 Å². The summed E-state index contributed by atoms with van der Waals surface area (Å²) in [6.45, 7) is 2.15. The number of hydrogen-bond donors (Lipinski definition) is 2. The molecule has 1 heterocycles. The third-order valence-electron chi connectivity index (χ3n) is 1.70. The topological polar surface area (TPSA) is 37.0 Å². The predicted molar refractivity (Wildman–Crippen MR) is 55.7 cm³/mol. The maximum atomic E-state index is 12.3. The highest BCUT2D eigenvalue weighted by molar-refractivity contribution is 5.35. The van der Waals surface area contributed by atoms with Gasteiger partial charge in [-0.2, -0.15) is 13.2 Å². The molecule has 0 aliphatic rings. The van der Waals surface area contributed by atoms with E-state index in [-0.39, 0.29) is 5.82 Å². The molecule has 0 saturated heterocycles. The Balaban J connectivity index is 2.61. The number of pyridine rings is 1. The van der Waals surface area contributed by atoms with Crippen LogP contribution in [-0.4, -0.2) is 11.7 Å². The fraction of sp³-hybridized carbons (Fsp3) is 0.300. The Morgan fingerprint density at radius 1 is 1.38 bits per heavy atom. The molecule has 0 fully saturated rings. The molecule has 6 heteroatoms. The Labute approximate surface area is 91.4 Å². The van der Waals surface area contributed by atoms with Crippen LogP contribution >= 0.6 is 0 Å². The molecule has 1 aromatic rings. The Hall–Kier alpha value is -1.72. The average Bonchev–Trinajstić information content (AvgIpc) is 2.24. The van der Waals surface area contributed by atoms with Crippen LogP contribution in [0.15, 0.2) is 30.5 Å². The fourth-order valence-electron chi connectivity index (χ4n) is 1.01. The van der Waals surface area contributed by atoms with Crippen molar-refractivity contribution >= 4 is 5.82 Å². The van der Waals surface area contributed by atoms with Gasteiger partial charge in [0.15, 0.2) is 0 Å². The quantitative estimate of drug-likeness (QED) is 0.617. The molecule has 1 rings (SSSR count). The first kappa shape index (κ1) is 12.4. The zero-order valence-electron chi connectivity index (χ0n) is 8.67. The van der Waals surface area contributed by atoms with E-state index < -0.39 is 11.9 Å². The van der Waals surface area contributed by atoms with E-state index in [1.54, 1.807) is 12.3 Å². The number of nitrogens with zero attached hydrogens (tertiary/aromatic N) is 1. The van der Waals surface area contributed by atoms with Crippen LogP contribution in [0, 0.1) is 0 Å². The highest BCUT2D eigenvalue weighted by Crippen LogP contribution is 2.27. The van der Waals surface area contributed by atoms with E-state index in [4.69, 9.17) is 0 Å². The molecule has 0 aromatic carbocycles. The molecule has 0 aliphatic carbocycles. The van der Waals surface area contributed by atoms with Gasteiger partial charge in [0.25, 0.3) is 0 Å². The van der Waals surface area contributed by atoms with E-state index in [0.29, 0.717) is 6.67 Å². The van der Waals surface area contributed by atoms with Crippen LogP contribution in [0.2, 0.25) is 0 Å². The Bertz CT molecular complexity index is 361. The van der Waals surface area contributed by atoms with E-state index in [1.807, 2.05) is 6.92 Å². The highest BCUT2D eigenvalue weighted by Gasteiger charge is 2.32. The van der Waals surface area contributed by atoms with Crippen LogP contribution in [0.25, 0.3) is 0 Å². The maximum Gasteiger partial charge on any atom is 0.433 e. The summed E-state index contributed by atoms with van der Waals surface area (Å²) in [4.78, 5) is 3.44. The van der Waals surface area contributed by atoms with Gasteiger partial charge in [-0.3, -0.25) is 0 Å². The van der Waals surface area contributed by atoms with Crippen LogP contribution in [0.3, 0.4) is 0 Å². The lowest BCUT2D eigenvalue weighted by molar-refractivity contribution is -0.141. The minimum Gasteiger partial charge on any atom is -0.374 e. The van der Waals surface area contributed by atoms with Crippen molar-refractivity contribution < 1.29 is 13.2 Å². The van der Waals surface area contributed by atoms with Gasteiger partial charge in [0.05, 0.1) is 6.67 Å². The molecule has 0 amide bonds. The minimum absolute atomic E-state index is 0.187. The van der Waals surface area contributed by atoms with Crippen molar-refractivity contribution in [2.75, 3.05) is 12.0 Å². The minimum atomic E-state index is -4.41. The van der Waals surface area contributed by atoms with E-state index in [2.05, 4.69) is 15.6 Å². The summed E-state index contributed by atoms with van der Waals surface area (Å²) in [7, 11) is 0. The van der Waals surface area contributed by atoms with Gasteiger partial charge < -0.3 is 10.6 Å². The standard InChI is InChI=1S/C10H12F3N3/c1-2-6-14-7-15-9-5-3-4-8(16-9)10(11,12)13/h2-6,14H,7H2,1H3,(H,15,16)/b6-2+. The van der Waals surface area contributed by atoms with E-state index in [9.17, 15) is 13.2 Å². The predicted octanol–water partition coefficient (Wildman–Crippen LogP) is 2.59. The second-order valence-electron chi connectivity index (χ2n) is 2.96. The highest BCUT2D eigenvalue weighted by atomic mass is 19.4. The largest absolute Gasteiger partial charge is 0.433 e. The summed E-state index contributed by atoms with van der Waals surface area (Å²) in [6, 6.07) is 3.73. The first-order valence-corrected chi connectivity index (χ1v) is 4.66. The third kappa shape index (κ3) is 3.80. The molecule has 2 N–H and O–H groups in total. The van der Waals surface area contributed by atoms with Crippen molar-refractivity contribution in [3.63, 3.8) is 0 Å². The lowest BCUT2D eigenvalue weighted by atomic mass is 10.3. The lowest BCUT2D eigenvalue weighted by Crippen LogP contribution is -2.18. The average molecular weight is 231 g/mol. The van der Waals surface area contributed by atoms with Gasteiger partial charge in [0, 0.05) is 0 Å². The molecule has 0 saturated carbocycles. The maximum absolute atomic E-state index is 12.3. The first-order valence-electron chi connectivity index (χ1n) is 4.66. The summed E-state index contributed by atoms with van der Waals surface area (Å²) in [5.74, 6) is 0.187. The summed E-state index contributed by atoms with van der Waals surface area (Å²) in [6.07, 6.45) is -0.948. The monoisotopic (exact) mass is 231 g/mol. The number of hydrogen-bond acceptors (Lipinski definition) is 3. The molecule has 16 heavy (non-hydrogen) atoms. The van der Waals surface area contributed by atoms with Gasteiger partial charge >= 0.3 is 6.18 Å². The molecule has 0 atom stereocenters. The van der Waals surface area contributed by atoms with Crippen LogP contribution in [0.4, 0.5) is 19.0 Å². The molecular formula is C10H12F3N3. The van der Waals surface area contributed by atoms with Gasteiger partial charge in [-0.1, -0.05) is 12.1 Å². The number of allylic oxidation sites excluding steroid dienone is 1. The number of alkyl halides is 3. The van der Waals surface area contributed by atoms with Crippen molar-refractivity contribution in [3.05, 3.63) is 36.2 Å². The molecule has 0 bridgehead atoms. The molecule has 0 aliphatic heterocycles. The summed E-state index contributed by atoms with van der Waals surface area (Å²) in [5.41, 5.74) is -0.900. The molecule has 3 nitrogen and oxygen atoms in total. The van der Waals surface area contributed by atoms with Crippen LogP contribution in [0.5, 0.6) is 0 Å². The Kier molecular flexibility index (Phi) is 4.16. The number of halogens is 3. The van der Waals surface area contributed by atoms with Gasteiger partial charge in [0.1, 0.15) is 11.5 Å². The molecule has 1 aromatic heterocycles. The van der Waals surface area contributed by atoms with Crippen molar-refractivity contribution in [3.8, 4) is 0 Å². The molecule has 0 spiro atoms. The Morgan fingerprint density at radius 3 is 2.75 bits per heavy atom. The SMILES string of the molecule is C/C=C/NCNc1cccc(C(F)(F)F)n1. The van der Waals surface area contributed by atoms with Crippen molar-refractivity contribution in [1.82, 2.24) is 10.3 Å². The van der Waals surface area contributed by atoms with E-state index in [1.165, 1.54) is 12.1 Å². The van der Waals surface area contributed by atoms with Crippen LogP contribution in [-0.2, 0) is 6.18 Å². The fourth-order valence-corrected chi connectivity index (χ4v) is 1.01. The lowest BCUT2D eigenvalue weighted by Gasteiger charge is -2.09. The van der Waals surface area contributed by atoms with Crippen molar-refractivity contribution in [2.45, 2.75) is 13.1 Å².